The number of nitrogens with two attached hydrogens (primary N) is 1. The van der Waals surface area contributed by atoms with Crippen molar-refractivity contribution in [2.45, 2.75) is 20.0 Å². The first kappa shape index (κ1) is 11.6. The molecule has 88 valence electrons. The molecule has 0 aliphatic heterocycles. The summed E-state index contributed by atoms with van der Waals surface area (Å²) in [6, 6.07) is 11.9. The van der Waals surface area contributed by atoms with E-state index in [-0.39, 0.29) is 0 Å². The van der Waals surface area contributed by atoms with Crippen LogP contribution in [0.1, 0.15) is 16.8 Å². The van der Waals surface area contributed by atoms with Crippen molar-refractivity contribution in [2.75, 3.05) is 5.73 Å². The van der Waals surface area contributed by atoms with Gasteiger partial charge in [-0.05, 0) is 30.2 Å². The Morgan fingerprint density at radius 1 is 1.12 bits per heavy atom. The summed E-state index contributed by atoms with van der Waals surface area (Å²) in [7, 11) is 0. The fourth-order valence-corrected chi connectivity index (χ4v) is 1.71. The van der Waals surface area contributed by atoms with Gasteiger partial charge >= 0.3 is 0 Å². The summed E-state index contributed by atoms with van der Waals surface area (Å²) in [5.41, 5.74) is 10.1. The molecule has 0 saturated heterocycles. The van der Waals surface area contributed by atoms with Crippen molar-refractivity contribution < 1.29 is 0 Å². The number of hydrogen-bond donors (Lipinski definition) is 2. The van der Waals surface area contributed by atoms with E-state index >= 15 is 0 Å². The number of aryl methyl sites for hydroxylation is 1. The van der Waals surface area contributed by atoms with Gasteiger partial charge in [0.05, 0.1) is 5.69 Å². The lowest BCUT2D eigenvalue weighted by atomic mass is 10.1. The molecule has 1 aromatic carbocycles. The van der Waals surface area contributed by atoms with Crippen molar-refractivity contribution in [2.24, 2.45) is 0 Å². The van der Waals surface area contributed by atoms with Crippen LogP contribution in [0.2, 0.25) is 0 Å². The largest absolute Gasteiger partial charge is 0.398 e. The minimum atomic E-state index is 0.765. The SMILES string of the molecule is Cc1cccnc1CNCc1ccccc1N. The first-order chi connectivity index (χ1) is 8.27. The van der Waals surface area contributed by atoms with E-state index in [9.17, 15) is 0 Å². The van der Waals surface area contributed by atoms with E-state index in [0.717, 1.165) is 30.0 Å². The lowest BCUT2D eigenvalue weighted by Gasteiger charge is -2.08. The Bertz CT molecular complexity index is 449. The second-order valence-corrected chi connectivity index (χ2v) is 4.07. The van der Waals surface area contributed by atoms with E-state index in [1.165, 1.54) is 5.56 Å². The number of nitrogens with one attached hydrogen (secondary N) is 1. The third kappa shape index (κ3) is 3.04. The van der Waals surface area contributed by atoms with Gasteiger partial charge in [-0.15, -0.1) is 0 Å². The van der Waals surface area contributed by atoms with Crippen LogP contribution >= 0.6 is 0 Å². The molecule has 0 unspecified atom stereocenters. The van der Waals surface area contributed by atoms with Crippen molar-refractivity contribution in [1.82, 2.24) is 10.3 Å². The smallest absolute Gasteiger partial charge is 0.0570 e. The van der Waals surface area contributed by atoms with E-state index in [2.05, 4.69) is 23.3 Å². The monoisotopic (exact) mass is 227 g/mol. The summed E-state index contributed by atoms with van der Waals surface area (Å²) in [5.74, 6) is 0. The highest BCUT2D eigenvalue weighted by Crippen LogP contribution is 2.10. The highest BCUT2D eigenvalue weighted by Gasteiger charge is 2.00. The summed E-state index contributed by atoms with van der Waals surface area (Å²) < 4.78 is 0. The molecule has 2 aromatic rings. The van der Waals surface area contributed by atoms with Crippen molar-refractivity contribution in [3.05, 3.63) is 59.4 Å². The number of benzene rings is 1. The lowest BCUT2D eigenvalue weighted by Crippen LogP contribution is -2.15. The molecular weight excluding hydrogens is 210 g/mol. The Kier molecular flexibility index (Phi) is 3.73. The van der Waals surface area contributed by atoms with Crippen molar-refractivity contribution in [3.63, 3.8) is 0 Å². The van der Waals surface area contributed by atoms with Gasteiger partial charge in [0.2, 0.25) is 0 Å². The van der Waals surface area contributed by atoms with E-state index in [1.54, 1.807) is 0 Å². The topological polar surface area (TPSA) is 50.9 Å². The molecule has 0 saturated carbocycles. The molecule has 1 heterocycles. The molecule has 0 bridgehead atoms. The van der Waals surface area contributed by atoms with Gasteiger partial charge in [-0.3, -0.25) is 4.98 Å². The van der Waals surface area contributed by atoms with E-state index in [4.69, 9.17) is 5.73 Å². The molecular formula is C14H17N3. The van der Waals surface area contributed by atoms with Gasteiger partial charge < -0.3 is 11.1 Å². The Labute approximate surface area is 102 Å². The third-order valence-corrected chi connectivity index (χ3v) is 2.78. The summed E-state index contributed by atoms with van der Waals surface area (Å²) in [5, 5.41) is 3.36. The van der Waals surface area contributed by atoms with Gasteiger partial charge in [0.15, 0.2) is 0 Å². The predicted molar refractivity (Wildman–Crippen MR) is 70.4 cm³/mol. The molecule has 0 aliphatic rings. The first-order valence-electron chi connectivity index (χ1n) is 5.72. The lowest BCUT2D eigenvalue weighted by molar-refractivity contribution is 0.677. The average Bonchev–Trinajstić information content (AvgIpc) is 2.34. The van der Waals surface area contributed by atoms with Crippen LogP contribution in [0.25, 0.3) is 0 Å². The molecule has 0 fully saturated rings. The third-order valence-electron chi connectivity index (χ3n) is 2.78. The molecule has 0 atom stereocenters. The van der Waals surface area contributed by atoms with Crippen LogP contribution in [0.3, 0.4) is 0 Å². The second-order valence-electron chi connectivity index (χ2n) is 4.07. The zero-order valence-corrected chi connectivity index (χ0v) is 9.98. The Morgan fingerprint density at radius 3 is 2.71 bits per heavy atom. The highest BCUT2D eigenvalue weighted by atomic mass is 14.9. The number of nitrogen functional groups attached to an aromatic ring is 1. The fourth-order valence-electron chi connectivity index (χ4n) is 1.71. The summed E-state index contributed by atoms with van der Waals surface area (Å²) in [6.07, 6.45) is 1.82. The molecule has 0 aliphatic carbocycles. The Balaban J connectivity index is 1.93. The van der Waals surface area contributed by atoms with Gasteiger partial charge in [-0.25, -0.2) is 0 Å². The Morgan fingerprint density at radius 2 is 1.94 bits per heavy atom. The maximum atomic E-state index is 5.87. The minimum absolute atomic E-state index is 0.765. The minimum Gasteiger partial charge on any atom is -0.398 e. The number of rotatable bonds is 4. The number of aromatic nitrogens is 1. The van der Waals surface area contributed by atoms with Gasteiger partial charge in [0, 0.05) is 25.0 Å². The number of para-hydroxylation sites is 1. The quantitative estimate of drug-likeness (QED) is 0.788. The molecule has 0 spiro atoms. The number of anilines is 1. The maximum absolute atomic E-state index is 5.87. The maximum Gasteiger partial charge on any atom is 0.0570 e. The van der Waals surface area contributed by atoms with Crippen molar-refractivity contribution in [3.8, 4) is 0 Å². The van der Waals surface area contributed by atoms with Crippen LogP contribution in [0.5, 0.6) is 0 Å². The standard InChI is InChI=1S/C14H17N3/c1-11-5-4-8-17-14(11)10-16-9-12-6-2-3-7-13(12)15/h2-8,16H,9-10,15H2,1H3. The number of pyridine rings is 1. The number of hydrogen-bond acceptors (Lipinski definition) is 3. The average molecular weight is 227 g/mol. The molecule has 1 aromatic heterocycles. The van der Waals surface area contributed by atoms with Crippen LogP contribution in [0.4, 0.5) is 5.69 Å². The summed E-state index contributed by atoms with van der Waals surface area (Å²) >= 11 is 0. The van der Waals surface area contributed by atoms with Crippen molar-refractivity contribution >= 4 is 5.69 Å². The van der Waals surface area contributed by atoms with Crippen LogP contribution in [-0.2, 0) is 13.1 Å². The fraction of sp³-hybridized carbons (Fsp3) is 0.214. The van der Waals surface area contributed by atoms with Crippen LogP contribution in [-0.4, -0.2) is 4.98 Å². The number of nitrogens with zero attached hydrogens (tertiary/aromatic N) is 1. The van der Waals surface area contributed by atoms with E-state index < -0.39 is 0 Å². The Hall–Kier alpha value is -1.87. The van der Waals surface area contributed by atoms with Gasteiger partial charge in [0.25, 0.3) is 0 Å². The van der Waals surface area contributed by atoms with Crippen LogP contribution < -0.4 is 11.1 Å². The molecule has 0 amide bonds. The molecule has 17 heavy (non-hydrogen) atoms. The zero-order chi connectivity index (χ0) is 12.1. The molecule has 2 rings (SSSR count). The van der Waals surface area contributed by atoms with Crippen molar-refractivity contribution in [1.29, 1.82) is 0 Å². The molecule has 3 nitrogen and oxygen atoms in total. The van der Waals surface area contributed by atoms with Gasteiger partial charge in [-0.1, -0.05) is 24.3 Å². The second kappa shape index (κ2) is 5.46. The highest BCUT2D eigenvalue weighted by molar-refractivity contribution is 5.46. The van der Waals surface area contributed by atoms with Crippen LogP contribution in [0.15, 0.2) is 42.6 Å². The zero-order valence-electron chi connectivity index (χ0n) is 9.98. The molecule has 0 radical (unpaired) electrons. The normalized spacial score (nSPS) is 10.4. The summed E-state index contributed by atoms with van der Waals surface area (Å²) in [6.45, 7) is 3.60. The van der Waals surface area contributed by atoms with E-state index in [1.807, 2.05) is 36.5 Å². The summed E-state index contributed by atoms with van der Waals surface area (Å²) in [4.78, 5) is 4.34. The first-order valence-corrected chi connectivity index (χ1v) is 5.72. The predicted octanol–water partition coefficient (Wildman–Crippen LogP) is 2.26. The van der Waals surface area contributed by atoms with Crippen LogP contribution in [0, 0.1) is 6.92 Å². The molecule has 3 N–H and O–H groups in total. The van der Waals surface area contributed by atoms with Gasteiger partial charge in [-0.2, -0.15) is 0 Å². The molecule has 3 heteroatoms. The van der Waals surface area contributed by atoms with E-state index in [0.29, 0.717) is 0 Å². The van der Waals surface area contributed by atoms with Gasteiger partial charge in [0.1, 0.15) is 0 Å².